The van der Waals surface area contributed by atoms with Crippen molar-refractivity contribution in [3.8, 4) is 67.3 Å². The second kappa shape index (κ2) is 11.5. The minimum absolute atomic E-state index is 0.0630. The van der Waals surface area contributed by atoms with Crippen LogP contribution in [0, 0.1) is 0 Å². The van der Waals surface area contributed by atoms with Gasteiger partial charge in [-0.25, -0.2) is 9.97 Å². The molecule has 0 unspecified atom stereocenters. The molecule has 0 amide bonds. The van der Waals surface area contributed by atoms with Crippen LogP contribution in [-0.4, -0.2) is 15.0 Å². The van der Waals surface area contributed by atoms with Crippen molar-refractivity contribution < 1.29 is 0 Å². The summed E-state index contributed by atoms with van der Waals surface area (Å²) in [5.41, 5.74) is 14.8. The summed E-state index contributed by atoms with van der Waals surface area (Å²) in [6, 6.07) is 54.0. The third kappa shape index (κ3) is 5.03. The number of aromatic nitrogens is 3. The monoisotopic (exact) mass is 627 g/mol. The van der Waals surface area contributed by atoms with E-state index in [1.54, 1.807) is 6.20 Å². The molecular weight excluding hydrogens is 595 g/mol. The summed E-state index contributed by atoms with van der Waals surface area (Å²) in [4.78, 5) is 14.4. The number of hydrogen-bond acceptors (Lipinski definition) is 3. The fraction of sp³-hybridized carbons (Fsp3) is 0.0652. The van der Waals surface area contributed by atoms with Gasteiger partial charge in [0.1, 0.15) is 0 Å². The molecule has 0 saturated heterocycles. The molecule has 2 aromatic heterocycles. The largest absolute Gasteiger partial charge is 0.264 e. The highest BCUT2D eigenvalue weighted by Gasteiger charge is 2.36. The molecule has 0 aliphatic heterocycles. The molecule has 2 heterocycles. The van der Waals surface area contributed by atoms with Crippen molar-refractivity contribution in [3.05, 3.63) is 175 Å². The number of rotatable bonds is 5. The van der Waals surface area contributed by atoms with Crippen LogP contribution in [0.1, 0.15) is 25.0 Å². The molecular formula is C46H33N3. The topological polar surface area (TPSA) is 38.7 Å². The summed E-state index contributed by atoms with van der Waals surface area (Å²) >= 11 is 0. The molecule has 0 saturated carbocycles. The second-order valence-electron chi connectivity index (χ2n) is 13.3. The molecule has 0 atom stereocenters. The predicted octanol–water partition coefficient (Wildman–Crippen LogP) is 11.7. The molecule has 9 rings (SSSR count). The Morgan fingerprint density at radius 1 is 0.449 bits per heavy atom. The Labute approximate surface area is 286 Å². The molecule has 1 aliphatic rings. The van der Waals surface area contributed by atoms with Gasteiger partial charge in [-0.1, -0.05) is 141 Å². The van der Waals surface area contributed by atoms with Crippen LogP contribution >= 0.6 is 0 Å². The fourth-order valence-corrected chi connectivity index (χ4v) is 7.46. The van der Waals surface area contributed by atoms with Gasteiger partial charge >= 0.3 is 0 Å². The highest BCUT2D eigenvalue weighted by Crippen LogP contribution is 2.52. The van der Waals surface area contributed by atoms with Crippen molar-refractivity contribution in [3.63, 3.8) is 0 Å². The lowest BCUT2D eigenvalue weighted by Gasteiger charge is -2.23. The van der Waals surface area contributed by atoms with E-state index in [0.717, 1.165) is 33.6 Å². The SMILES string of the molecule is CC1(C)c2ccc(-c3ccc(-c4cc(-c5cccnc5)nc(-c5ccc(-c6ccccc6)cc5)n4)cc3)cc2-c2ccc3ccccc3c21. The van der Waals surface area contributed by atoms with E-state index in [-0.39, 0.29) is 5.41 Å². The Balaban J connectivity index is 1.09. The molecule has 0 radical (unpaired) electrons. The zero-order chi connectivity index (χ0) is 33.0. The Kier molecular flexibility index (Phi) is 6.80. The lowest BCUT2D eigenvalue weighted by molar-refractivity contribution is 0.666. The standard InChI is InChI=1S/C46H33N3/c1-46(2)41-25-23-36(27-40(41)39-24-22-33-11-6-7-13-38(33)44(39)46)32-14-18-34(19-15-32)42-28-43(37-12-8-26-47-29-37)49-45(48-42)35-20-16-31(17-21-35)30-9-4-3-5-10-30/h3-29H,1-2H3. The lowest BCUT2D eigenvalue weighted by Crippen LogP contribution is -2.15. The van der Waals surface area contributed by atoms with E-state index in [1.165, 1.54) is 49.7 Å². The number of benzene rings is 6. The van der Waals surface area contributed by atoms with Crippen molar-refractivity contribution >= 4 is 10.8 Å². The first-order valence-electron chi connectivity index (χ1n) is 16.8. The molecule has 3 heteroatoms. The number of fused-ring (bicyclic) bond motifs is 5. The first kappa shape index (κ1) is 29.0. The van der Waals surface area contributed by atoms with Gasteiger partial charge in [0.05, 0.1) is 11.4 Å². The molecule has 1 aliphatic carbocycles. The van der Waals surface area contributed by atoms with E-state index in [9.17, 15) is 0 Å². The Morgan fingerprint density at radius 2 is 1.06 bits per heavy atom. The van der Waals surface area contributed by atoms with E-state index in [0.29, 0.717) is 5.82 Å². The normalized spacial score (nSPS) is 12.9. The molecule has 0 spiro atoms. The Bertz CT molecular complexity index is 2480. The van der Waals surface area contributed by atoms with Crippen molar-refractivity contribution in [1.82, 2.24) is 15.0 Å². The first-order valence-corrected chi connectivity index (χ1v) is 16.8. The van der Waals surface area contributed by atoms with Gasteiger partial charge in [-0.05, 0) is 79.5 Å². The average molecular weight is 628 g/mol. The maximum Gasteiger partial charge on any atom is 0.160 e. The average Bonchev–Trinajstić information content (AvgIpc) is 3.41. The number of nitrogens with zero attached hydrogens (tertiary/aromatic N) is 3. The van der Waals surface area contributed by atoms with Crippen molar-refractivity contribution in [2.45, 2.75) is 19.3 Å². The fourth-order valence-electron chi connectivity index (χ4n) is 7.46. The van der Waals surface area contributed by atoms with Crippen LogP contribution in [-0.2, 0) is 5.41 Å². The molecule has 3 nitrogen and oxygen atoms in total. The number of hydrogen-bond donors (Lipinski definition) is 0. The predicted molar refractivity (Wildman–Crippen MR) is 202 cm³/mol. The summed E-state index contributed by atoms with van der Waals surface area (Å²) in [6.45, 7) is 4.71. The molecule has 8 aromatic rings. The van der Waals surface area contributed by atoms with Gasteiger partial charge in [0.25, 0.3) is 0 Å². The van der Waals surface area contributed by atoms with Crippen molar-refractivity contribution in [1.29, 1.82) is 0 Å². The van der Waals surface area contributed by atoms with Crippen LogP contribution in [0.3, 0.4) is 0 Å². The van der Waals surface area contributed by atoms with E-state index >= 15 is 0 Å². The van der Waals surface area contributed by atoms with Crippen LogP contribution in [0.15, 0.2) is 164 Å². The van der Waals surface area contributed by atoms with Crippen LogP contribution < -0.4 is 0 Å². The van der Waals surface area contributed by atoms with Gasteiger partial charge in [0.2, 0.25) is 0 Å². The quantitative estimate of drug-likeness (QED) is 0.191. The summed E-state index contributed by atoms with van der Waals surface area (Å²) in [5, 5.41) is 2.64. The van der Waals surface area contributed by atoms with Gasteiger partial charge < -0.3 is 0 Å². The molecule has 232 valence electrons. The van der Waals surface area contributed by atoms with Crippen LogP contribution in [0.5, 0.6) is 0 Å². The van der Waals surface area contributed by atoms with Gasteiger partial charge in [-0.15, -0.1) is 0 Å². The van der Waals surface area contributed by atoms with E-state index < -0.39 is 0 Å². The smallest absolute Gasteiger partial charge is 0.160 e. The molecule has 0 N–H and O–H groups in total. The van der Waals surface area contributed by atoms with E-state index in [1.807, 2.05) is 24.4 Å². The van der Waals surface area contributed by atoms with E-state index in [2.05, 4.69) is 152 Å². The second-order valence-corrected chi connectivity index (χ2v) is 13.3. The molecule has 0 bridgehead atoms. The molecule has 6 aromatic carbocycles. The summed E-state index contributed by atoms with van der Waals surface area (Å²) in [7, 11) is 0. The zero-order valence-electron chi connectivity index (χ0n) is 27.4. The van der Waals surface area contributed by atoms with E-state index in [4.69, 9.17) is 9.97 Å². The Morgan fingerprint density at radius 3 is 1.82 bits per heavy atom. The summed E-state index contributed by atoms with van der Waals surface area (Å²) in [5.74, 6) is 0.687. The third-order valence-electron chi connectivity index (χ3n) is 9.98. The zero-order valence-corrected chi connectivity index (χ0v) is 27.4. The summed E-state index contributed by atoms with van der Waals surface area (Å²) in [6.07, 6.45) is 3.64. The third-order valence-corrected chi connectivity index (χ3v) is 9.98. The van der Waals surface area contributed by atoms with Crippen LogP contribution in [0.25, 0.3) is 78.1 Å². The Hall–Kier alpha value is -6.19. The van der Waals surface area contributed by atoms with Crippen molar-refractivity contribution in [2.24, 2.45) is 0 Å². The highest BCUT2D eigenvalue weighted by atomic mass is 14.9. The van der Waals surface area contributed by atoms with Gasteiger partial charge in [0, 0.05) is 34.5 Å². The van der Waals surface area contributed by atoms with Gasteiger partial charge in [-0.3, -0.25) is 4.98 Å². The lowest BCUT2D eigenvalue weighted by atomic mass is 9.80. The van der Waals surface area contributed by atoms with Gasteiger partial charge in [0.15, 0.2) is 5.82 Å². The maximum atomic E-state index is 5.09. The van der Waals surface area contributed by atoms with Crippen molar-refractivity contribution in [2.75, 3.05) is 0 Å². The molecule has 0 fully saturated rings. The highest BCUT2D eigenvalue weighted by molar-refractivity contribution is 5.98. The number of pyridine rings is 1. The minimum Gasteiger partial charge on any atom is -0.264 e. The molecule has 49 heavy (non-hydrogen) atoms. The summed E-state index contributed by atoms with van der Waals surface area (Å²) < 4.78 is 0. The first-order chi connectivity index (χ1) is 24.0. The maximum absolute atomic E-state index is 5.09. The van der Waals surface area contributed by atoms with Gasteiger partial charge in [-0.2, -0.15) is 0 Å². The van der Waals surface area contributed by atoms with Crippen LogP contribution in [0.4, 0.5) is 0 Å². The minimum atomic E-state index is -0.0630. The van der Waals surface area contributed by atoms with Crippen LogP contribution in [0.2, 0.25) is 0 Å².